The highest BCUT2D eigenvalue weighted by molar-refractivity contribution is 7.90. The molecule has 35 heavy (non-hydrogen) atoms. The maximum atomic E-state index is 14.4. The number of nitrogens with zero attached hydrogens (tertiary/aromatic N) is 4. The molecule has 2 aliphatic heterocycles. The van der Waals surface area contributed by atoms with E-state index in [9.17, 15) is 13.7 Å². The highest BCUT2D eigenvalue weighted by Crippen LogP contribution is 2.41. The Labute approximate surface area is 205 Å². The summed E-state index contributed by atoms with van der Waals surface area (Å²) in [6, 6.07) is 10.4. The number of hydrogen-bond acceptors (Lipinski definition) is 7. The summed E-state index contributed by atoms with van der Waals surface area (Å²) in [5, 5.41) is 0. The maximum absolute atomic E-state index is 14.4. The molecule has 0 radical (unpaired) electrons. The van der Waals surface area contributed by atoms with E-state index in [1.54, 1.807) is 26.2 Å². The lowest BCUT2D eigenvalue weighted by Crippen LogP contribution is -2.27. The smallest absolute Gasteiger partial charge is 0.259 e. The first-order chi connectivity index (χ1) is 16.8. The van der Waals surface area contributed by atoms with Gasteiger partial charge in [-0.15, -0.1) is 0 Å². The number of benzene rings is 2. The Morgan fingerprint density at radius 2 is 2.03 bits per heavy atom. The first-order valence-corrected chi connectivity index (χ1v) is 12.6. The van der Waals surface area contributed by atoms with E-state index in [1.165, 1.54) is 18.1 Å². The Bertz CT molecular complexity index is 1300. The van der Waals surface area contributed by atoms with Gasteiger partial charge >= 0.3 is 0 Å². The second-order valence-corrected chi connectivity index (χ2v) is 10.1. The second kappa shape index (κ2) is 9.35. The summed E-state index contributed by atoms with van der Waals surface area (Å²) < 4.78 is 37.6. The lowest BCUT2D eigenvalue weighted by molar-refractivity contribution is -0.130. The lowest BCUT2D eigenvalue weighted by Gasteiger charge is -2.22. The highest BCUT2D eigenvalue weighted by atomic mass is 32.2. The van der Waals surface area contributed by atoms with Crippen LogP contribution < -0.4 is 14.4 Å². The molecule has 3 aromatic rings. The average molecular weight is 497 g/mol. The van der Waals surface area contributed by atoms with Crippen LogP contribution in [0, 0.1) is 5.82 Å². The maximum Gasteiger partial charge on any atom is 0.259 e. The predicted molar refractivity (Wildman–Crippen MR) is 131 cm³/mol. The molecular weight excluding hydrogens is 471 g/mol. The quantitative estimate of drug-likeness (QED) is 0.484. The molecular formula is C25H25FN4O4S. The van der Waals surface area contributed by atoms with Gasteiger partial charge in [0.2, 0.25) is 0 Å². The van der Waals surface area contributed by atoms with Crippen LogP contribution in [0.5, 0.6) is 11.5 Å². The van der Waals surface area contributed by atoms with Crippen molar-refractivity contribution >= 4 is 28.6 Å². The van der Waals surface area contributed by atoms with Crippen LogP contribution in [0.3, 0.4) is 0 Å². The van der Waals surface area contributed by atoms with Crippen molar-refractivity contribution < 1.29 is 23.2 Å². The normalized spacial score (nSPS) is 16.1. The molecule has 1 unspecified atom stereocenters. The molecule has 5 rings (SSSR count). The summed E-state index contributed by atoms with van der Waals surface area (Å²) >= 11 is -1.07. The summed E-state index contributed by atoms with van der Waals surface area (Å²) in [6.07, 6.45) is 0.806. The van der Waals surface area contributed by atoms with Crippen LogP contribution in [0.2, 0.25) is 0 Å². The molecule has 0 N–H and O–H groups in total. The summed E-state index contributed by atoms with van der Waals surface area (Å²) in [5.74, 6) is 1.86. The minimum absolute atomic E-state index is 0.0547. The molecule has 2 aliphatic rings. The van der Waals surface area contributed by atoms with Crippen molar-refractivity contribution in [1.82, 2.24) is 14.9 Å². The van der Waals surface area contributed by atoms with Crippen LogP contribution in [-0.2, 0) is 33.9 Å². The van der Waals surface area contributed by atoms with Crippen LogP contribution in [0.1, 0.15) is 16.8 Å². The minimum atomic E-state index is -1.07. The van der Waals surface area contributed by atoms with Crippen LogP contribution in [0.25, 0.3) is 11.4 Å². The molecule has 10 heteroatoms. The van der Waals surface area contributed by atoms with Gasteiger partial charge in [-0.1, -0.05) is 6.07 Å². The number of rotatable bonds is 6. The zero-order chi connectivity index (χ0) is 24.7. The molecule has 0 fully saturated rings. The zero-order valence-corrected chi connectivity index (χ0v) is 20.5. The first kappa shape index (κ1) is 23.4. The molecule has 0 saturated carbocycles. The summed E-state index contributed by atoms with van der Waals surface area (Å²) in [5.41, 5.74) is 4.13. The summed E-state index contributed by atoms with van der Waals surface area (Å²) in [6.45, 7) is 0.628. The van der Waals surface area contributed by atoms with E-state index < -0.39 is 17.0 Å². The van der Waals surface area contributed by atoms with Crippen LogP contribution >= 0.6 is 0 Å². The van der Waals surface area contributed by atoms with Crippen molar-refractivity contribution in [2.75, 3.05) is 39.3 Å². The molecule has 1 aromatic heterocycles. The highest BCUT2D eigenvalue weighted by Gasteiger charge is 2.34. The van der Waals surface area contributed by atoms with Crippen molar-refractivity contribution in [1.29, 1.82) is 0 Å². The number of halogens is 1. The van der Waals surface area contributed by atoms with Crippen molar-refractivity contribution in [3.8, 4) is 22.9 Å². The van der Waals surface area contributed by atoms with Crippen molar-refractivity contribution in [2.45, 2.75) is 17.9 Å². The molecule has 3 heterocycles. The number of carbonyl (C=O) groups excluding carboxylic acids is 1. The lowest BCUT2D eigenvalue weighted by atomic mass is 10.1. The van der Waals surface area contributed by atoms with Crippen molar-refractivity contribution in [3.05, 3.63) is 59.0 Å². The Morgan fingerprint density at radius 3 is 2.77 bits per heavy atom. The average Bonchev–Trinajstić information content (AvgIpc) is 3.43. The largest absolute Gasteiger partial charge is 0.616 e. The Balaban J connectivity index is 1.53. The van der Waals surface area contributed by atoms with E-state index in [0.717, 1.165) is 28.9 Å². The van der Waals surface area contributed by atoms with Gasteiger partial charge in [-0.25, -0.2) is 14.4 Å². The third kappa shape index (κ3) is 4.51. The Morgan fingerprint density at radius 1 is 1.20 bits per heavy atom. The van der Waals surface area contributed by atoms with Crippen LogP contribution in [0.4, 0.5) is 15.9 Å². The predicted octanol–water partition coefficient (Wildman–Crippen LogP) is 3.21. The van der Waals surface area contributed by atoms with E-state index in [2.05, 4.69) is 9.88 Å². The fraction of sp³-hybridized carbons (Fsp3) is 0.320. The summed E-state index contributed by atoms with van der Waals surface area (Å²) in [7, 11) is 4.78. The second-order valence-electron chi connectivity index (χ2n) is 8.64. The van der Waals surface area contributed by atoms with Gasteiger partial charge in [0.25, 0.3) is 5.91 Å². The molecule has 1 atom stereocenters. The van der Waals surface area contributed by atoms with E-state index in [4.69, 9.17) is 14.5 Å². The fourth-order valence-electron chi connectivity index (χ4n) is 4.25. The van der Waals surface area contributed by atoms with Gasteiger partial charge in [-0.05, 0) is 47.4 Å². The molecule has 0 spiro atoms. The SMILES string of the molecule is COc1ccc(-c2nc3c(c(N4CCc5ccc(OCC(=O)N(C)C)cc54)n2)C[S+]([O-])C3)cc1F. The number of ether oxygens (including phenoxy) is 2. The Hall–Kier alpha value is -3.37. The molecule has 182 valence electrons. The third-order valence-electron chi connectivity index (χ3n) is 6.15. The van der Waals surface area contributed by atoms with Crippen molar-refractivity contribution in [3.63, 3.8) is 0 Å². The molecule has 2 aromatic carbocycles. The first-order valence-electron chi connectivity index (χ1n) is 11.2. The molecule has 0 saturated heterocycles. The number of amides is 1. The number of fused-ring (bicyclic) bond motifs is 2. The Kier molecular flexibility index (Phi) is 6.24. The fourth-order valence-corrected chi connectivity index (χ4v) is 5.51. The number of anilines is 2. The summed E-state index contributed by atoms with van der Waals surface area (Å²) in [4.78, 5) is 25.0. The number of aromatic nitrogens is 2. The number of hydrogen-bond donors (Lipinski definition) is 0. The van der Waals surface area contributed by atoms with Gasteiger partial charge in [-0.2, -0.15) is 0 Å². The van der Waals surface area contributed by atoms with Gasteiger partial charge in [0.1, 0.15) is 28.8 Å². The monoisotopic (exact) mass is 496 g/mol. The van der Waals surface area contributed by atoms with Gasteiger partial charge < -0.3 is 23.8 Å². The van der Waals surface area contributed by atoms with Crippen LogP contribution in [0.15, 0.2) is 36.4 Å². The standard InChI is InChI=1S/C25H25FN4O4S/c1-29(2)23(31)12-34-17-6-4-15-8-9-30(21(15)11-17)25-18-13-35(32)14-20(18)27-24(28-25)16-5-7-22(33-3)19(26)10-16/h4-7,10-11H,8-9,12-14H2,1-3H3. The van der Waals surface area contributed by atoms with Gasteiger partial charge in [0, 0.05) is 38.0 Å². The van der Waals surface area contributed by atoms with E-state index in [0.29, 0.717) is 41.0 Å². The topological polar surface area (TPSA) is 90.9 Å². The van der Waals surface area contributed by atoms with Gasteiger partial charge in [-0.3, -0.25) is 4.79 Å². The number of likely N-dealkylation sites (N-methyl/N-ethyl adjacent to an activating group) is 1. The molecule has 0 bridgehead atoms. The number of methoxy groups -OCH3 is 1. The molecule has 1 amide bonds. The van der Waals surface area contributed by atoms with E-state index in [1.807, 2.05) is 18.2 Å². The number of carbonyl (C=O) groups is 1. The van der Waals surface area contributed by atoms with Gasteiger partial charge in [0.15, 0.2) is 24.0 Å². The van der Waals surface area contributed by atoms with Crippen molar-refractivity contribution in [2.24, 2.45) is 0 Å². The van der Waals surface area contributed by atoms with Gasteiger partial charge in [0.05, 0.1) is 12.7 Å². The van der Waals surface area contributed by atoms with Crippen LogP contribution in [-0.4, -0.2) is 59.7 Å². The molecule has 8 nitrogen and oxygen atoms in total. The minimum Gasteiger partial charge on any atom is -0.616 e. The van der Waals surface area contributed by atoms with E-state index >= 15 is 0 Å². The molecule has 0 aliphatic carbocycles. The zero-order valence-electron chi connectivity index (χ0n) is 19.7. The van der Waals surface area contributed by atoms with E-state index in [-0.39, 0.29) is 18.3 Å². The third-order valence-corrected chi connectivity index (χ3v) is 7.36.